The lowest BCUT2D eigenvalue weighted by atomic mass is 9.94. The lowest BCUT2D eigenvalue weighted by molar-refractivity contribution is -0.118. The number of benzene rings is 3. The number of anilines is 1. The predicted molar refractivity (Wildman–Crippen MR) is 129 cm³/mol. The number of nitrogens with one attached hydrogen (secondary N) is 1. The molecule has 0 unspecified atom stereocenters. The van der Waals surface area contributed by atoms with Crippen LogP contribution in [0.1, 0.15) is 35.8 Å². The van der Waals surface area contributed by atoms with Crippen molar-refractivity contribution in [1.29, 1.82) is 0 Å². The molecule has 0 atom stereocenters. The van der Waals surface area contributed by atoms with Crippen molar-refractivity contribution in [2.45, 2.75) is 25.2 Å². The van der Waals surface area contributed by atoms with E-state index in [1.807, 2.05) is 67.6 Å². The standard InChI is InChI=1S/C27H26N2O4.H2/c1-17-4-10-21(15-22(17)18-5-7-19(8-6-18)25(30)29(2)3)28-26(31)27(12-13-27)20-9-11-23-24(14-20)33-16-32-23;/h4-11,14-15H,12-13,16H2,1-3H3,(H,28,31);1H. The molecule has 1 N–H and O–H groups in total. The number of ether oxygens (including phenoxy) is 2. The smallest absolute Gasteiger partial charge is 0.253 e. The highest BCUT2D eigenvalue weighted by molar-refractivity contribution is 6.02. The first-order valence-corrected chi connectivity index (χ1v) is 11.0. The summed E-state index contributed by atoms with van der Waals surface area (Å²) < 4.78 is 10.9. The summed E-state index contributed by atoms with van der Waals surface area (Å²) >= 11 is 0. The molecule has 2 aliphatic rings. The SMILES string of the molecule is Cc1ccc(NC(=O)C2(c3ccc4c(c3)OCO4)CC2)cc1-c1ccc(C(=O)N(C)C)cc1.[HH]. The molecule has 0 radical (unpaired) electrons. The van der Waals surface area contributed by atoms with Crippen LogP contribution < -0.4 is 14.8 Å². The Balaban J connectivity index is 0.00000274. The van der Waals surface area contributed by atoms with Gasteiger partial charge in [0.2, 0.25) is 12.7 Å². The molecule has 0 bridgehead atoms. The van der Waals surface area contributed by atoms with E-state index in [-0.39, 0.29) is 20.0 Å². The fourth-order valence-corrected chi connectivity index (χ4v) is 4.28. The molecule has 33 heavy (non-hydrogen) atoms. The lowest BCUT2D eigenvalue weighted by Crippen LogP contribution is -2.27. The highest BCUT2D eigenvalue weighted by atomic mass is 16.7. The van der Waals surface area contributed by atoms with Crippen LogP contribution in [0.25, 0.3) is 11.1 Å². The number of nitrogens with zero attached hydrogens (tertiary/aromatic N) is 1. The molecule has 1 heterocycles. The summed E-state index contributed by atoms with van der Waals surface area (Å²) in [6, 6.07) is 19.2. The molecule has 3 aromatic carbocycles. The summed E-state index contributed by atoms with van der Waals surface area (Å²) in [4.78, 5) is 27.0. The Morgan fingerprint density at radius 3 is 2.36 bits per heavy atom. The first kappa shape index (κ1) is 21.1. The van der Waals surface area contributed by atoms with Crippen molar-refractivity contribution in [2.75, 3.05) is 26.2 Å². The van der Waals surface area contributed by atoms with Crippen molar-refractivity contribution in [3.05, 3.63) is 77.4 Å². The van der Waals surface area contributed by atoms with Gasteiger partial charge in [0, 0.05) is 26.8 Å². The Labute approximate surface area is 194 Å². The van der Waals surface area contributed by atoms with Crippen molar-refractivity contribution in [3.63, 3.8) is 0 Å². The van der Waals surface area contributed by atoms with Gasteiger partial charge in [-0.2, -0.15) is 0 Å². The van der Waals surface area contributed by atoms with E-state index in [0.717, 1.165) is 46.5 Å². The van der Waals surface area contributed by atoms with Crippen LogP contribution in [-0.2, 0) is 10.2 Å². The zero-order chi connectivity index (χ0) is 23.2. The van der Waals surface area contributed by atoms with E-state index in [4.69, 9.17) is 9.47 Å². The first-order chi connectivity index (χ1) is 15.9. The minimum atomic E-state index is -0.528. The van der Waals surface area contributed by atoms with E-state index in [1.165, 1.54) is 0 Å². The van der Waals surface area contributed by atoms with Crippen LogP contribution in [0.15, 0.2) is 60.7 Å². The topological polar surface area (TPSA) is 67.9 Å². The highest BCUT2D eigenvalue weighted by Gasteiger charge is 2.51. The second-order valence-electron chi connectivity index (χ2n) is 8.91. The number of fused-ring (bicyclic) bond motifs is 1. The fourth-order valence-electron chi connectivity index (χ4n) is 4.28. The van der Waals surface area contributed by atoms with Crippen LogP contribution in [0.3, 0.4) is 0 Å². The Morgan fingerprint density at radius 2 is 1.67 bits per heavy atom. The van der Waals surface area contributed by atoms with Gasteiger partial charge >= 0.3 is 0 Å². The van der Waals surface area contributed by atoms with Crippen molar-refractivity contribution < 1.29 is 20.5 Å². The third-order valence-electron chi connectivity index (χ3n) is 6.45. The minimum Gasteiger partial charge on any atom is -0.454 e. The van der Waals surface area contributed by atoms with Gasteiger partial charge in [-0.3, -0.25) is 9.59 Å². The van der Waals surface area contributed by atoms with E-state index in [2.05, 4.69) is 5.32 Å². The number of carbonyl (C=O) groups is 2. The van der Waals surface area contributed by atoms with E-state index < -0.39 is 5.41 Å². The lowest BCUT2D eigenvalue weighted by Gasteiger charge is -2.17. The summed E-state index contributed by atoms with van der Waals surface area (Å²) in [7, 11) is 3.48. The average Bonchev–Trinajstić information content (AvgIpc) is 3.50. The number of carbonyl (C=O) groups excluding carboxylic acids is 2. The molecular weight excluding hydrogens is 416 g/mol. The Bertz CT molecular complexity index is 1250. The largest absolute Gasteiger partial charge is 0.454 e. The van der Waals surface area contributed by atoms with Gasteiger partial charge in [0.15, 0.2) is 11.5 Å². The number of hydrogen-bond acceptors (Lipinski definition) is 4. The van der Waals surface area contributed by atoms with Gasteiger partial charge in [0.05, 0.1) is 5.41 Å². The average molecular weight is 445 g/mol. The van der Waals surface area contributed by atoms with E-state index >= 15 is 0 Å². The monoisotopic (exact) mass is 444 g/mol. The Morgan fingerprint density at radius 1 is 0.939 bits per heavy atom. The molecule has 0 aromatic heterocycles. The zero-order valence-corrected chi connectivity index (χ0v) is 19.0. The van der Waals surface area contributed by atoms with Crippen LogP contribution in [0.2, 0.25) is 0 Å². The molecule has 0 saturated heterocycles. The minimum absolute atomic E-state index is 0. The highest BCUT2D eigenvalue weighted by Crippen LogP contribution is 2.51. The third-order valence-corrected chi connectivity index (χ3v) is 6.45. The van der Waals surface area contributed by atoms with Crippen LogP contribution in [0.5, 0.6) is 11.5 Å². The number of aryl methyl sites for hydroxylation is 1. The molecule has 1 aliphatic heterocycles. The van der Waals surface area contributed by atoms with Crippen LogP contribution in [0, 0.1) is 6.92 Å². The molecule has 0 spiro atoms. The molecule has 1 fully saturated rings. The second-order valence-corrected chi connectivity index (χ2v) is 8.91. The normalized spacial score (nSPS) is 15.1. The third kappa shape index (κ3) is 3.82. The van der Waals surface area contributed by atoms with E-state index in [9.17, 15) is 9.59 Å². The van der Waals surface area contributed by atoms with Gasteiger partial charge in [-0.1, -0.05) is 24.3 Å². The summed E-state index contributed by atoms with van der Waals surface area (Å²) in [6.07, 6.45) is 1.61. The maximum absolute atomic E-state index is 13.3. The molecular formula is C27H28N2O4. The summed E-state index contributed by atoms with van der Waals surface area (Å²) in [5.74, 6) is 1.37. The van der Waals surface area contributed by atoms with Crippen LogP contribution >= 0.6 is 0 Å². The molecule has 3 aromatic rings. The van der Waals surface area contributed by atoms with Gasteiger partial charge in [0.1, 0.15) is 0 Å². The number of rotatable bonds is 5. The Kier molecular flexibility index (Phi) is 5.08. The molecule has 1 saturated carbocycles. The van der Waals surface area contributed by atoms with Gasteiger partial charge in [-0.15, -0.1) is 0 Å². The maximum atomic E-state index is 13.3. The van der Waals surface area contributed by atoms with Crippen molar-refractivity contribution in [1.82, 2.24) is 4.90 Å². The quantitative estimate of drug-likeness (QED) is 0.601. The Hall–Kier alpha value is -3.80. The van der Waals surface area contributed by atoms with Crippen LogP contribution in [0.4, 0.5) is 5.69 Å². The molecule has 6 heteroatoms. The van der Waals surface area contributed by atoms with Crippen molar-refractivity contribution in [2.24, 2.45) is 0 Å². The maximum Gasteiger partial charge on any atom is 0.253 e. The van der Waals surface area contributed by atoms with Crippen molar-refractivity contribution >= 4 is 17.5 Å². The predicted octanol–water partition coefficient (Wildman–Crippen LogP) is 5.01. The van der Waals surface area contributed by atoms with Gasteiger partial charge in [-0.25, -0.2) is 0 Å². The van der Waals surface area contributed by atoms with Gasteiger partial charge in [0.25, 0.3) is 5.91 Å². The second kappa shape index (κ2) is 7.96. The molecule has 6 nitrogen and oxygen atoms in total. The van der Waals surface area contributed by atoms with Crippen molar-refractivity contribution in [3.8, 4) is 22.6 Å². The molecule has 5 rings (SSSR count). The first-order valence-electron chi connectivity index (χ1n) is 11.0. The van der Waals surface area contributed by atoms with Gasteiger partial charge < -0.3 is 19.7 Å². The summed E-state index contributed by atoms with van der Waals surface area (Å²) in [6.45, 7) is 2.25. The van der Waals surface area contributed by atoms with E-state index in [0.29, 0.717) is 11.3 Å². The molecule has 170 valence electrons. The zero-order valence-electron chi connectivity index (χ0n) is 19.0. The van der Waals surface area contributed by atoms with Gasteiger partial charge in [-0.05, 0) is 78.4 Å². The number of amides is 2. The van der Waals surface area contributed by atoms with Crippen LogP contribution in [-0.4, -0.2) is 37.6 Å². The fraction of sp³-hybridized carbons (Fsp3) is 0.259. The summed E-state index contributed by atoms with van der Waals surface area (Å²) in [5.41, 5.74) is 4.93. The summed E-state index contributed by atoms with van der Waals surface area (Å²) in [5, 5.41) is 3.12. The van der Waals surface area contributed by atoms with E-state index in [1.54, 1.807) is 19.0 Å². The number of hydrogen-bond donors (Lipinski definition) is 1. The molecule has 2 amide bonds. The molecule has 1 aliphatic carbocycles.